The Balaban J connectivity index is 1.52. The average Bonchev–Trinajstić information content (AvgIpc) is 3.34. The molecule has 0 bridgehead atoms. The fraction of sp³-hybridized carbons (Fsp3) is 0.174. The highest BCUT2D eigenvalue weighted by molar-refractivity contribution is 7.20. The van der Waals surface area contributed by atoms with Crippen LogP contribution in [0.2, 0.25) is 5.02 Å². The van der Waals surface area contributed by atoms with E-state index in [-0.39, 0.29) is 11.8 Å². The van der Waals surface area contributed by atoms with Crippen LogP contribution in [0.4, 0.5) is 0 Å². The molecule has 0 fully saturated rings. The molecule has 4 rings (SSSR count). The molecule has 2 aromatic carbocycles. The van der Waals surface area contributed by atoms with Gasteiger partial charge in [-0.1, -0.05) is 41.9 Å². The van der Waals surface area contributed by atoms with E-state index in [0.717, 1.165) is 27.0 Å². The van der Waals surface area contributed by atoms with Crippen molar-refractivity contribution in [1.29, 1.82) is 0 Å². The Bertz CT molecular complexity index is 1280. The van der Waals surface area contributed by atoms with Gasteiger partial charge in [-0.15, -0.1) is 11.3 Å². The van der Waals surface area contributed by atoms with E-state index in [9.17, 15) is 9.59 Å². The van der Waals surface area contributed by atoms with Crippen LogP contribution >= 0.6 is 22.9 Å². The summed E-state index contributed by atoms with van der Waals surface area (Å²) in [7, 11) is 1.59. The van der Waals surface area contributed by atoms with Crippen LogP contribution in [0.5, 0.6) is 0 Å². The number of amides is 2. The highest BCUT2D eigenvalue weighted by atomic mass is 35.5. The molecule has 6 nitrogen and oxygen atoms in total. The highest BCUT2D eigenvalue weighted by Gasteiger charge is 2.17. The molecule has 0 saturated heterocycles. The quantitative estimate of drug-likeness (QED) is 0.455. The van der Waals surface area contributed by atoms with Gasteiger partial charge in [0.05, 0.1) is 17.1 Å². The third-order valence-electron chi connectivity index (χ3n) is 4.98. The predicted octanol–water partition coefficient (Wildman–Crippen LogP) is 4.40. The number of hydrogen-bond acceptors (Lipinski definition) is 4. The maximum absolute atomic E-state index is 12.8. The van der Waals surface area contributed by atoms with Crippen LogP contribution in [-0.4, -0.2) is 28.6 Å². The fourth-order valence-corrected chi connectivity index (χ4v) is 4.63. The number of fused-ring (bicyclic) bond motifs is 1. The van der Waals surface area contributed by atoms with E-state index in [1.807, 2.05) is 48.0 Å². The van der Waals surface area contributed by atoms with Gasteiger partial charge in [0.25, 0.3) is 11.8 Å². The summed E-state index contributed by atoms with van der Waals surface area (Å²) in [6, 6.07) is 16.7. The summed E-state index contributed by atoms with van der Waals surface area (Å²) in [5.74, 6) is -0.313. The molecule has 31 heavy (non-hydrogen) atoms. The molecule has 2 heterocycles. The Morgan fingerprint density at radius 2 is 1.90 bits per heavy atom. The van der Waals surface area contributed by atoms with Crippen molar-refractivity contribution in [3.8, 4) is 0 Å². The standard InChI is InChI=1S/C23H21ClN4O2S/c1-14-18-11-20(22(30)26-12-15-6-5-8-16(10-15)21(29)25-2)31-23(18)28(27-14)13-17-7-3-4-9-19(17)24/h3-11H,12-13H2,1-2H3,(H,25,29)(H,26,30). The van der Waals surface area contributed by atoms with Crippen molar-refractivity contribution in [2.24, 2.45) is 0 Å². The summed E-state index contributed by atoms with van der Waals surface area (Å²) >= 11 is 7.71. The van der Waals surface area contributed by atoms with E-state index in [0.29, 0.717) is 28.6 Å². The number of aryl methyl sites for hydroxylation is 1. The smallest absolute Gasteiger partial charge is 0.261 e. The van der Waals surface area contributed by atoms with Crippen molar-refractivity contribution >= 4 is 45.0 Å². The van der Waals surface area contributed by atoms with Crippen molar-refractivity contribution in [2.45, 2.75) is 20.0 Å². The number of aromatic nitrogens is 2. The SMILES string of the molecule is CNC(=O)c1cccc(CNC(=O)c2cc3c(C)nn(Cc4ccccc4Cl)c3s2)c1. The normalized spacial score (nSPS) is 10.9. The van der Waals surface area contributed by atoms with Gasteiger partial charge >= 0.3 is 0 Å². The average molecular weight is 453 g/mol. The van der Waals surface area contributed by atoms with Crippen LogP contribution in [0.3, 0.4) is 0 Å². The Hall–Kier alpha value is -3.16. The minimum Gasteiger partial charge on any atom is -0.355 e. The largest absolute Gasteiger partial charge is 0.355 e. The van der Waals surface area contributed by atoms with Gasteiger partial charge in [-0.25, -0.2) is 0 Å². The molecule has 0 aliphatic rings. The number of nitrogens with one attached hydrogen (secondary N) is 2. The van der Waals surface area contributed by atoms with Crippen molar-refractivity contribution in [3.63, 3.8) is 0 Å². The van der Waals surface area contributed by atoms with Crippen LogP contribution in [0.15, 0.2) is 54.6 Å². The lowest BCUT2D eigenvalue weighted by Gasteiger charge is -2.06. The van der Waals surface area contributed by atoms with Gasteiger partial charge < -0.3 is 10.6 Å². The first-order chi connectivity index (χ1) is 15.0. The Morgan fingerprint density at radius 1 is 1.10 bits per heavy atom. The number of nitrogens with zero attached hydrogens (tertiary/aromatic N) is 2. The maximum Gasteiger partial charge on any atom is 0.261 e. The molecule has 2 aromatic heterocycles. The molecule has 0 saturated carbocycles. The second-order valence-corrected chi connectivity index (χ2v) is 8.56. The first-order valence-electron chi connectivity index (χ1n) is 9.76. The molecule has 4 aromatic rings. The zero-order chi connectivity index (χ0) is 22.0. The molecule has 2 N–H and O–H groups in total. The third-order valence-corrected chi connectivity index (χ3v) is 6.49. The molecule has 2 amide bonds. The number of benzene rings is 2. The third kappa shape index (κ3) is 4.47. The summed E-state index contributed by atoms with van der Waals surface area (Å²) in [4.78, 5) is 26.1. The zero-order valence-corrected chi connectivity index (χ0v) is 18.7. The lowest BCUT2D eigenvalue weighted by molar-refractivity contribution is 0.0952. The molecule has 8 heteroatoms. The Morgan fingerprint density at radius 3 is 2.68 bits per heavy atom. The molecule has 158 valence electrons. The Labute approximate surface area is 188 Å². The molecule has 0 aliphatic heterocycles. The lowest BCUT2D eigenvalue weighted by atomic mass is 10.1. The van der Waals surface area contributed by atoms with Crippen LogP contribution in [-0.2, 0) is 13.1 Å². The maximum atomic E-state index is 12.8. The van der Waals surface area contributed by atoms with E-state index in [1.165, 1.54) is 11.3 Å². The van der Waals surface area contributed by atoms with E-state index in [1.54, 1.807) is 25.2 Å². The van der Waals surface area contributed by atoms with Crippen LogP contribution in [0, 0.1) is 6.92 Å². The van der Waals surface area contributed by atoms with E-state index >= 15 is 0 Å². The van der Waals surface area contributed by atoms with Gasteiger partial charge in [0.2, 0.25) is 0 Å². The van der Waals surface area contributed by atoms with Crippen LogP contribution < -0.4 is 10.6 Å². The summed E-state index contributed by atoms with van der Waals surface area (Å²) in [5, 5.41) is 11.8. The molecule has 0 spiro atoms. The van der Waals surface area contributed by atoms with E-state index < -0.39 is 0 Å². The molecular weight excluding hydrogens is 432 g/mol. The van der Waals surface area contributed by atoms with Gasteiger partial charge in [-0.3, -0.25) is 14.3 Å². The topological polar surface area (TPSA) is 76.0 Å². The first-order valence-corrected chi connectivity index (χ1v) is 11.0. The summed E-state index contributed by atoms with van der Waals surface area (Å²) in [6.07, 6.45) is 0. The van der Waals surface area contributed by atoms with Crippen molar-refractivity contribution < 1.29 is 9.59 Å². The van der Waals surface area contributed by atoms with Crippen molar-refractivity contribution in [3.05, 3.63) is 86.9 Å². The van der Waals surface area contributed by atoms with Gasteiger partial charge in [0.1, 0.15) is 4.83 Å². The van der Waals surface area contributed by atoms with Gasteiger partial charge in [-0.2, -0.15) is 5.10 Å². The first kappa shape index (κ1) is 21.1. The predicted molar refractivity (Wildman–Crippen MR) is 124 cm³/mol. The second-order valence-electron chi connectivity index (χ2n) is 7.13. The minimum atomic E-state index is -0.157. The van der Waals surface area contributed by atoms with Gasteiger partial charge in [0, 0.05) is 29.6 Å². The number of hydrogen-bond donors (Lipinski definition) is 2. The molecular formula is C23H21ClN4O2S. The van der Waals surface area contributed by atoms with Gasteiger partial charge in [-0.05, 0) is 42.3 Å². The molecule has 0 unspecified atom stereocenters. The van der Waals surface area contributed by atoms with Crippen molar-refractivity contribution in [2.75, 3.05) is 7.05 Å². The summed E-state index contributed by atoms with van der Waals surface area (Å²) < 4.78 is 1.89. The van der Waals surface area contributed by atoms with Crippen LogP contribution in [0.1, 0.15) is 36.9 Å². The number of carbonyl (C=O) groups excluding carboxylic acids is 2. The molecule has 0 aliphatic carbocycles. The Kier molecular flexibility index (Phi) is 6.06. The number of carbonyl (C=O) groups is 2. The summed E-state index contributed by atoms with van der Waals surface area (Å²) in [5.41, 5.74) is 3.27. The molecule has 0 radical (unpaired) electrons. The lowest BCUT2D eigenvalue weighted by Crippen LogP contribution is -2.22. The molecule has 0 atom stereocenters. The highest BCUT2D eigenvalue weighted by Crippen LogP contribution is 2.29. The van der Waals surface area contributed by atoms with Gasteiger partial charge in [0.15, 0.2) is 0 Å². The number of halogens is 1. The minimum absolute atomic E-state index is 0.156. The number of rotatable bonds is 6. The summed E-state index contributed by atoms with van der Waals surface area (Å²) in [6.45, 7) is 2.81. The van der Waals surface area contributed by atoms with E-state index in [2.05, 4.69) is 15.7 Å². The number of thiophene rings is 1. The van der Waals surface area contributed by atoms with Crippen molar-refractivity contribution in [1.82, 2.24) is 20.4 Å². The second kappa shape index (κ2) is 8.91. The van der Waals surface area contributed by atoms with Crippen LogP contribution in [0.25, 0.3) is 10.2 Å². The fourth-order valence-electron chi connectivity index (χ4n) is 3.36. The zero-order valence-electron chi connectivity index (χ0n) is 17.1. The monoisotopic (exact) mass is 452 g/mol. The van der Waals surface area contributed by atoms with E-state index in [4.69, 9.17) is 11.6 Å².